The molecule has 0 saturated carbocycles. The molecular formula is C22H22O4. The molecule has 0 atom stereocenters. The summed E-state index contributed by atoms with van der Waals surface area (Å²) in [5.74, 6) is 1.35. The van der Waals surface area contributed by atoms with Gasteiger partial charge in [-0.05, 0) is 49.1 Å². The van der Waals surface area contributed by atoms with Gasteiger partial charge in [0.2, 0.25) is 0 Å². The van der Waals surface area contributed by atoms with E-state index in [0.717, 1.165) is 17.6 Å². The van der Waals surface area contributed by atoms with Crippen molar-refractivity contribution in [3.63, 3.8) is 0 Å². The summed E-state index contributed by atoms with van der Waals surface area (Å²) in [5, 5.41) is 10.7. The van der Waals surface area contributed by atoms with E-state index in [-0.39, 0.29) is 11.5 Å². The lowest BCUT2D eigenvalue weighted by molar-refractivity contribution is 0.102. The van der Waals surface area contributed by atoms with Gasteiger partial charge in [0.1, 0.15) is 17.3 Å². The molecule has 0 amide bonds. The number of allylic oxidation sites excluding steroid dienone is 2. The van der Waals surface area contributed by atoms with Gasteiger partial charge in [0.05, 0.1) is 14.2 Å². The Morgan fingerprint density at radius 3 is 2.50 bits per heavy atom. The van der Waals surface area contributed by atoms with Crippen molar-refractivity contribution in [1.82, 2.24) is 0 Å². The number of hydrogen-bond donors (Lipinski definition) is 1. The first-order chi connectivity index (χ1) is 12.6. The lowest BCUT2D eigenvalue weighted by atomic mass is 9.87. The van der Waals surface area contributed by atoms with Crippen molar-refractivity contribution in [3.8, 4) is 11.5 Å². The predicted molar refractivity (Wildman–Crippen MR) is 102 cm³/mol. The van der Waals surface area contributed by atoms with Crippen LogP contribution in [-0.2, 0) is 0 Å². The molecular weight excluding hydrogens is 328 g/mol. The number of benzene rings is 2. The number of ketones is 1. The van der Waals surface area contributed by atoms with Crippen LogP contribution in [0.3, 0.4) is 0 Å². The van der Waals surface area contributed by atoms with Crippen LogP contribution in [0.25, 0.3) is 6.08 Å². The van der Waals surface area contributed by atoms with Crippen LogP contribution in [0.5, 0.6) is 11.5 Å². The maximum atomic E-state index is 12.7. The number of carbonyl (C=O) groups excluding carboxylic acids is 1. The summed E-state index contributed by atoms with van der Waals surface area (Å²) < 4.78 is 10.7. The molecule has 2 aromatic carbocycles. The van der Waals surface area contributed by atoms with Crippen LogP contribution in [0.2, 0.25) is 0 Å². The Balaban J connectivity index is 2.01. The molecule has 4 nitrogen and oxygen atoms in total. The Kier molecular flexibility index (Phi) is 5.42. The molecule has 1 aliphatic carbocycles. The van der Waals surface area contributed by atoms with Crippen molar-refractivity contribution < 1.29 is 19.4 Å². The van der Waals surface area contributed by atoms with Gasteiger partial charge in [0.25, 0.3) is 0 Å². The van der Waals surface area contributed by atoms with Crippen molar-refractivity contribution in [3.05, 3.63) is 76.6 Å². The Bertz CT molecular complexity index is 863. The number of aliphatic hydroxyl groups is 1. The molecule has 26 heavy (non-hydrogen) atoms. The molecule has 1 N–H and O–H groups in total. The Morgan fingerprint density at radius 1 is 1.04 bits per heavy atom. The third-order valence-electron chi connectivity index (χ3n) is 4.54. The maximum Gasteiger partial charge on any atom is 0.192 e. The molecule has 0 aliphatic heterocycles. The zero-order valence-corrected chi connectivity index (χ0v) is 15.0. The van der Waals surface area contributed by atoms with Gasteiger partial charge in [-0.15, -0.1) is 0 Å². The highest BCUT2D eigenvalue weighted by molar-refractivity contribution is 6.09. The smallest absolute Gasteiger partial charge is 0.192 e. The van der Waals surface area contributed by atoms with E-state index in [0.29, 0.717) is 35.5 Å². The summed E-state index contributed by atoms with van der Waals surface area (Å²) in [7, 11) is 3.21. The van der Waals surface area contributed by atoms with Crippen molar-refractivity contribution in [2.45, 2.75) is 19.3 Å². The van der Waals surface area contributed by atoms with Gasteiger partial charge in [0, 0.05) is 16.7 Å². The number of ether oxygens (including phenoxy) is 2. The Labute approximate surface area is 153 Å². The van der Waals surface area contributed by atoms with Crippen LogP contribution in [0.4, 0.5) is 0 Å². The average molecular weight is 350 g/mol. The monoisotopic (exact) mass is 350 g/mol. The molecule has 0 saturated heterocycles. The second-order valence-electron chi connectivity index (χ2n) is 6.15. The molecule has 0 radical (unpaired) electrons. The van der Waals surface area contributed by atoms with E-state index < -0.39 is 0 Å². The second kappa shape index (κ2) is 7.91. The maximum absolute atomic E-state index is 12.7. The predicted octanol–water partition coefficient (Wildman–Crippen LogP) is 4.97. The first-order valence-electron chi connectivity index (χ1n) is 8.59. The van der Waals surface area contributed by atoms with Gasteiger partial charge >= 0.3 is 0 Å². The van der Waals surface area contributed by atoms with Crippen LogP contribution in [0.1, 0.15) is 35.2 Å². The van der Waals surface area contributed by atoms with Crippen LogP contribution >= 0.6 is 0 Å². The fourth-order valence-electron chi connectivity index (χ4n) is 3.15. The van der Waals surface area contributed by atoms with Crippen molar-refractivity contribution in [1.29, 1.82) is 0 Å². The summed E-state index contributed by atoms with van der Waals surface area (Å²) in [5.41, 5.74) is 2.61. The summed E-state index contributed by atoms with van der Waals surface area (Å²) in [6.45, 7) is 0. The number of methoxy groups -OCH3 is 2. The first-order valence-corrected chi connectivity index (χ1v) is 8.59. The van der Waals surface area contributed by atoms with Gasteiger partial charge in [-0.1, -0.05) is 30.3 Å². The standard InChI is InChI=1S/C22H22O4/c1-25-18-11-12-20(26-2)17(14-18)13-16-9-6-10-19(22(16)24)21(23)15-7-4-3-5-8-15/h3-5,7-8,11-14,24H,6,9-10H2,1-2H3/b16-13+. The minimum atomic E-state index is -0.119. The van der Waals surface area contributed by atoms with Crippen LogP contribution < -0.4 is 9.47 Å². The summed E-state index contributed by atoms with van der Waals surface area (Å²) >= 11 is 0. The number of Topliss-reactive ketones (excluding diaryl/α,β-unsaturated/α-hetero) is 1. The molecule has 0 bridgehead atoms. The molecule has 1 aliphatic rings. The SMILES string of the molecule is COc1ccc(OC)c(/C=C2\CCCC(C(=O)c3ccccc3)=C2O)c1. The summed E-state index contributed by atoms with van der Waals surface area (Å²) in [6, 6.07) is 14.6. The molecule has 2 aromatic rings. The lowest BCUT2D eigenvalue weighted by Crippen LogP contribution is -2.12. The minimum absolute atomic E-state index is 0.0787. The largest absolute Gasteiger partial charge is 0.507 e. The molecule has 3 rings (SSSR count). The summed E-state index contributed by atoms with van der Waals surface area (Å²) in [6.07, 6.45) is 3.97. The lowest BCUT2D eigenvalue weighted by Gasteiger charge is -2.19. The molecule has 0 heterocycles. The van der Waals surface area contributed by atoms with E-state index in [9.17, 15) is 9.90 Å². The average Bonchev–Trinajstić information content (AvgIpc) is 2.69. The highest BCUT2D eigenvalue weighted by Gasteiger charge is 2.23. The van der Waals surface area contributed by atoms with Crippen LogP contribution in [-0.4, -0.2) is 25.1 Å². The fraction of sp³-hybridized carbons (Fsp3) is 0.227. The number of rotatable bonds is 5. The highest BCUT2D eigenvalue weighted by Crippen LogP contribution is 2.34. The molecule has 0 spiro atoms. The Morgan fingerprint density at radius 2 is 1.81 bits per heavy atom. The van der Waals surface area contributed by atoms with Crippen LogP contribution in [0.15, 0.2) is 65.4 Å². The van der Waals surface area contributed by atoms with Crippen molar-refractivity contribution >= 4 is 11.9 Å². The number of hydrogen-bond acceptors (Lipinski definition) is 4. The van der Waals surface area contributed by atoms with Crippen molar-refractivity contribution in [2.75, 3.05) is 14.2 Å². The number of carbonyl (C=O) groups is 1. The normalized spacial score (nSPS) is 15.8. The molecule has 0 unspecified atom stereocenters. The second-order valence-corrected chi connectivity index (χ2v) is 6.15. The van der Waals surface area contributed by atoms with Gasteiger partial charge in [-0.2, -0.15) is 0 Å². The zero-order valence-electron chi connectivity index (χ0n) is 15.0. The molecule has 134 valence electrons. The first kappa shape index (κ1) is 17.8. The zero-order chi connectivity index (χ0) is 18.5. The van der Waals surface area contributed by atoms with E-state index in [4.69, 9.17) is 9.47 Å². The topological polar surface area (TPSA) is 55.8 Å². The van der Waals surface area contributed by atoms with Crippen LogP contribution in [0, 0.1) is 0 Å². The van der Waals surface area contributed by atoms with Gasteiger partial charge in [-0.25, -0.2) is 0 Å². The summed E-state index contributed by atoms with van der Waals surface area (Å²) in [4.78, 5) is 12.7. The van der Waals surface area contributed by atoms with E-state index in [1.54, 1.807) is 26.4 Å². The third kappa shape index (κ3) is 3.64. The van der Waals surface area contributed by atoms with E-state index in [1.165, 1.54) is 0 Å². The molecule has 0 aromatic heterocycles. The van der Waals surface area contributed by atoms with E-state index >= 15 is 0 Å². The quantitative estimate of drug-likeness (QED) is 0.774. The molecule has 4 heteroatoms. The van der Waals surface area contributed by atoms with Crippen molar-refractivity contribution in [2.24, 2.45) is 0 Å². The number of aliphatic hydroxyl groups excluding tert-OH is 1. The Hall–Kier alpha value is -3.01. The van der Waals surface area contributed by atoms with E-state index in [2.05, 4.69) is 0 Å². The van der Waals surface area contributed by atoms with Gasteiger partial charge in [0.15, 0.2) is 5.78 Å². The highest BCUT2D eigenvalue weighted by atomic mass is 16.5. The van der Waals surface area contributed by atoms with Gasteiger partial charge < -0.3 is 14.6 Å². The van der Waals surface area contributed by atoms with E-state index in [1.807, 2.05) is 42.5 Å². The third-order valence-corrected chi connectivity index (χ3v) is 4.54. The fourth-order valence-corrected chi connectivity index (χ4v) is 3.15. The van der Waals surface area contributed by atoms with Gasteiger partial charge in [-0.3, -0.25) is 4.79 Å². The molecule has 0 fully saturated rings. The minimum Gasteiger partial charge on any atom is -0.507 e.